The monoisotopic (exact) mass is 342 g/mol. The second kappa shape index (κ2) is 6.44. The van der Waals surface area contributed by atoms with Gasteiger partial charge in [0.25, 0.3) is 5.91 Å². The molecule has 1 aromatic heterocycles. The average Bonchev–Trinajstić information content (AvgIpc) is 3.05. The van der Waals surface area contributed by atoms with Gasteiger partial charge in [-0.1, -0.05) is 35.9 Å². The lowest BCUT2D eigenvalue weighted by molar-refractivity contribution is 0.102. The van der Waals surface area contributed by atoms with Gasteiger partial charge < -0.3 is 5.32 Å². The number of para-hydroxylation sites is 1. The second-order valence-electron chi connectivity index (χ2n) is 6.30. The zero-order chi connectivity index (χ0) is 18.1. The molecule has 0 radical (unpaired) electrons. The fraction of sp³-hybridized carbons (Fsp3) is 0.0952. The summed E-state index contributed by atoms with van der Waals surface area (Å²) < 4.78 is 0. The van der Waals surface area contributed by atoms with Crippen LogP contribution < -0.4 is 5.32 Å². The van der Waals surface area contributed by atoms with Crippen molar-refractivity contribution in [3.05, 3.63) is 83.4 Å². The molecule has 128 valence electrons. The number of aromatic nitrogens is 3. The maximum atomic E-state index is 12.6. The third kappa shape index (κ3) is 3.07. The number of anilines is 1. The van der Waals surface area contributed by atoms with Gasteiger partial charge in [-0.05, 0) is 55.8 Å². The number of nitrogens with one attached hydrogen (secondary N) is 1. The van der Waals surface area contributed by atoms with E-state index in [0.717, 1.165) is 27.8 Å². The normalized spacial score (nSPS) is 10.8. The van der Waals surface area contributed by atoms with E-state index in [-0.39, 0.29) is 5.91 Å². The number of hydrogen-bond donors (Lipinski definition) is 1. The van der Waals surface area contributed by atoms with E-state index in [1.807, 2.05) is 80.6 Å². The van der Waals surface area contributed by atoms with Crippen molar-refractivity contribution < 1.29 is 4.79 Å². The Hall–Kier alpha value is -3.47. The maximum absolute atomic E-state index is 12.6. The summed E-state index contributed by atoms with van der Waals surface area (Å²) in [6, 6.07) is 21.1. The predicted molar refractivity (Wildman–Crippen MR) is 103 cm³/mol. The molecular weight excluding hydrogens is 324 g/mol. The Kier molecular flexibility index (Phi) is 3.97. The van der Waals surface area contributed by atoms with Gasteiger partial charge in [-0.2, -0.15) is 4.80 Å². The lowest BCUT2D eigenvalue weighted by atomic mass is 10.1. The van der Waals surface area contributed by atoms with Crippen LogP contribution >= 0.6 is 0 Å². The molecule has 0 atom stereocenters. The Balaban J connectivity index is 1.62. The molecule has 1 heterocycles. The standard InChI is InChI=1S/C21H18N4O/c1-14-8-10-18(15(2)12-14)21(26)22-16-9-11-19-20(13-16)24-25(23-19)17-6-4-3-5-7-17/h3-13H,1-2H3,(H,22,26). The lowest BCUT2D eigenvalue weighted by Gasteiger charge is -2.08. The Labute approximate surface area is 151 Å². The van der Waals surface area contributed by atoms with Crippen LogP contribution in [-0.2, 0) is 0 Å². The molecule has 5 heteroatoms. The van der Waals surface area contributed by atoms with Crippen molar-refractivity contribution in [2.75, 3.05) is 5.32 Å². The Bertz CT molecular complexity index is 1100. The molecule has 5 nitrogen and oxygen atoms in total. The van der Waals surface area contributed by atoms with E-state index in [4.69, 9.17) is 0 Å². The highest BCUT2D eigenvalue weighted by atomic mass is 16.1. The fourth-order valence-corrected chi connectivity index (χ4v) is 2.94. The number of nitrogens with zero attached hydrogens (tertiary/aromatic N) is 3. The molecule has 1 amide bonds. The van der Waals surface area contributed by atoms with E-state index >= 15 is 0 Å². The van der Waals surface area contributed by atoms with Crippen molar-refractivity contribution in [3.63, 3.8) is 0 Å². The van der Waals surface area contributed by atoms with Crippen LogP contribution in [0.15, 0.2) is 66.7 Å². The number of carbonyl (C=O) groups is 1. The van der Waals surface area contributed by atoms with Gasteiger partial charge >= 0.3 is 0 Å². The van der Waals surface area contributed by atoms with Gasteiger partial charge in [-0.3, -0.25) is 4.79 Å². The van der Waals surface area contributed by atoms with Crippen LogP contribution in [0.1, 0.15) is 21.5 Å². The third-order valence-corrected chi connectivity index (χ3v) is 4.25. The molecular formula is C21H18N4O. The van der Waals surface area contributed by atoms with Gasteiger partial charge in [0.1, 0.15) is 11.0 Å². The number of benzene rings is 3. The number of hydrogen-bond acceptors (Lipinski definition) is 3. The summed E-state index contributed by atoms with van der Waals surface area (Å²) in [5, 5.41) is 11.9. The zero-order valence-corrected chi connectivity index (χ0v) is 14.6. The number of rotatable bonds is 3. The van der Waals surface area contributed by atoms with Gasteiger partial charge in [-0.25, -0.2) is 0 Å². The topological polar surface area (TPSA) is 59.8 Å². The minimum absolute atomic E-state index is 0.127. The highest BCUT2D eigenvalue weighted by molar-refractivity contribution is 6.05. The molecule has 0 spiro atoms. The van der Waals surface area contributed by atoms with E-state index in [0.29, 0.717) is 11.3 Å². The van der Waals surface area contributed by atoms with Gasteiger partial charge in [0.15, 0.2) is 0 Å². The van der Waals surface area contributed by atoms with Crippen LogP contribution in [0.3, 0.4) is 0 Å². The van der Waals surface area contributed by atoms with Crippen molar-refractivity contribution >= 4 is 22.6 Å². The number of carbonyl (C=O) groups excluding carboxylic acids is 1. The van der Waals surface area contributed by atoms with Crippen molar-refractivity contribution in [2.45, 2.75) is 13.8 Å². The molecule has 0 aliphatic rings. The minimum atomic E-state index is -0.127. The first kappa shape index (κ1) is 16.0. The summed E-state index contributed by atoms with van der Waals surface area (Å²) in [6.45, 7) is 3.95. The van der Waals surface area contributed by atoms with E-state index < -0.39 is 0 Å². The molecule has 0 unspecified atom stereocenters. The van der Waals surface area contributed by atoms with Crippen LogP contribution in [-0.4, -0.2) is 20.9 Å². The molecule has 26 heavy (non-hydrogen) atoms. The van der Waals surface area contributed by atoms with E-state index in [1.165, 1.54) is 0 Å². The summed E-state index contributed by atoms with van der Waals surface area (Å²) in [7, 11) is 0. The van der Waals surface area contributed by atoms with Gasteiger partial charge in [0.05, 0.1) is 5.69 Å². The number of amides is 1. The summed E-state index contributed by atoms with van der Waals surface area (Å²) in [5.41, 5.74) is 5.86. The van der Waals surface area contributed by atoms with Crippen LogP contribution in [0.25, 0.3) is 16.7 Å². The Morgan fingerprint density at radius 3 is 2.42 bits per heavy atom. The molecule has 1 N–H and O–H groups in total. The summed E-state index contributed by atoms with van der Waals surface area (Å²) in [5.74, 6) is -0.127. The Morgan fingerprint density at radius 1 is 0.885 bits per heavy atom. The van der Waals surface area contributed by atoms with Gasteiger partial charge in [0, 0.05) is 11.3 Å². The van der Waals surface area contributed by atoms with Gasteiger partial charge in [0.2, 0.25) is 0 Å². The first-order valence-corrected chi connectivity index (χ1v) is 8.41. The summed E-state index contributed by atoms with van der Waals surface area (Å²) in [4.78, 5) is 14.2. The van der Waals surface area contributed by atoms with Crippen molar-refractivity contribution in [1.29, 1.82) is 0 Å². The largest absolute Gasteiger partial charge is 0.322 e. The highest BCUT2D eigenvalue weighted by Crippen LogP contribution is 2.19. The maximum Gasteiger partial charge on any atom is 0.255 e. The zero-order valence-electron chi connectivity index (χ0n) is 14.6. The molecule has 0 saturated carbocycles. The van der Waals surface area contributed by atoms with Crippen molar-refractivity contribution in [2.24, 2.45) is 0 Å². The van der Waals surface area contributed by atoms with Crippen LogP contribution in [0.4, 0.5) is 5.69 Å². The van der Waals surface area contributed by atoms with Crippen LogP contribution in [0, 0.1) is 13.8 Å². The molecule has 0 aliphatic carbocycles. The molecule has 0 fully saturated rings. The summed E-state index contributed by atoms with van der Waals surface area (Å²) in [6.07, 6.45) is 0. The molecule has 0 saturated heterocycles. The van der Waals surface area contributed by atoms with Crippen molar-refractivity contribution in [1.82, 2.24) is 15.0 Å². The smallest absolute Gasteiger partial charge is 0.255 e. The predicted octanol–water partition coefficient (Wildman–Crippen LogP) is 4.29. The molecule has 4 rings (SSSR count). The minimum Gasteiger partial charge on any atom is -0.322 e. The first-order valence-electron chi connectivity index (χ1n) is 8.41. The summed E-state index contributed by atoms with van der Waals surface area (Å²) >= 11 is 0. The molecule has 3 aromatic carbocycles. The molecule has 0 bridgehead atoms. The van der Waals surface area contributed by atoms with E-state index in [2.05, 4.69) is 15.5 Å². The molecule has 0 aliphatic heterocycles. The van der Waals surface area contributed by atoms with E-state index in [9.17, 15) is 4.79 Å². The number of aryl methyl sites for hydroxylation is 2. The van der Waals surface area contributed by atoms with Crippen molar-refractivity contribution in [3.8, 4) is 5.69 Å². The highest BCUT2D eigenvalue weighted by Gasteiger charge is 2.11. The SMILES string of the molecule is Cc1ccc(C(=O)Nc2ccc3nn(-c4ccccc4)nc3c2)c(C)c1. The second-order valence-corrected chi connectivity index (χ2v) is 6.30. The quantitative estimate of drug-likeness (QED) is 0.604. The van der Waals surface area contributed by atoms with E-state index in [1.54, 1.807) is 4.80 Å². The van der Waals surface area contributed by atoms with Crippen LogP contribution in [0.5, 0.6) is 0 Å². The fourth-order valence-electron chi connectivity index (χ4n) is 2.94. The average molecular weight is 342 g/mol. The number of fused-ring (bicyclic) bond motifs is 1. The lowest BCUT2D eigenvalue weighted by Crippen LogP contribution is -2.13. The first-order chi connectivity index (χ1) is 12.6. The van der Waals surface area contributed by atoms with Crippen LogP contribution in [0.2, 0.25) is 0 Å². The molecule has 4 aromatic rings. The van der Waals surface area contributed by atoms with Gasteiger partial charge in [-0.15, -0.1) is 10.2 Å². The Morgan fingerprint density at radius 2 is 1.65 bits per heavy atom. The third-order valence-electron chi connectivity index (χ3n) is 4.25.